The minimum atomic E-state index is -1.21. The van der Waals surface area contributed by atoms with Crippen LogP contribution < -0.4 is 10.1 Å². The monoisotopic (exact) mass is 487 g/mol. The number of nitrogens with zero attached hydrogens (tertiary/aromatic N) is 2. The van der Waals surface area contributed by atoms with E-state index in [1.54, 1.807) is 13.0 Å². The Morgan fingerprint density at radius 2 is 1.80 bits per heavy atom. The zero-order valence-electron chi connectivity index (χ0n) is 19.5. The fourth-order valence-electron chi connectivity index (χ4n) is 3.11. The lowest BCUT2D eigenvalue weighted by molar-refractivity contribution is -0.137. The van der Waals surface area contributed by atoms with E-state index in [-0.39, 0.29) is 29.8 Å². The van der Waals surface area contributed by atoms with E-state index in [9.17, 15) is 28.6 Å². The summed E-state index contributed by atoms with van der Waals surface area (Å²) >= 11 is 0. The van der Waals surface area contributed by atoms with Crippen LogP contribution in [0.1, 0.15) is 49.3 Å². The highest BCUT2D eigenvalue weighted by Crippen LogP contribution is 2.25. The Hall–Kier alpha value is -3.79. The maximum absolute atomic E-state index is 14.5. The molecule has 3 N–H and O–H groups in total. The van der Waals surface area contributed by atoms with Gasteiger partial charge in [-0.3, -0.25) is 9.59 Å². The van der Waals surface area contributed by atoms with Crippen LogP contribution in [0.2, 0.25) is 0 Å². The van der Waals surface area contributed by atoms with Crippen LogP contribution in [0, 0.1) is 17.6 Å². The summed E-state index contributed by atoms with van der Waals surface area (Å²) < 4.78 is 34.7. The van der Waals surface area contributed by atoms with Gasteiger partial charge >= 0.3 is 5.97 Å². The van der Waals surface area contributed by atoms with Crippen molar-refractivity contribution >= 4 is 11.9 Å². The molecule has 0 spiro atoms. The number of aromatic nitrogens is 2. The number of rotatable bonds is 10. The van der Waals surface area contributed by atoms with Gasteiger partial charge in [0.15, 0.2) is 5.69 Å². The van der Waals surface area contributed by atoms with Crippen LogP contribution in [0.4, 0.5) is 8.78 Å². The van der Waals surface area contributed by atoms with Crippen molar-refractivity contribution < 1.29 is 33.3 Å². The Balaban J connectivity index is 1.94. The first-order chi connectivity index (χ1) is 16.5. The van der Waals surface area contributed by atoms with Crippen molar-refractivity contribution in [1.29, 1.82) is 0 Å². The van der Waals surface area contributed by atoms with E-state index >= 15 is 0 Å². The van der Waals surface area contributed by atoms with Crippen molar-refractivity contribution in [2.75, 3.05) is 6.61 Å². The number of carboxylic acids is 1. The third kappa shape index (κ3) is 6.42. The zero-order chi connectivity index (χ0) is 25.8. The highest BCUT2D eigenvalue weighted by molar-refractivity contribution is 5.93. The second-order valence-corrected chi connectivity index (χ2v) is 8.71. The maximum Gasteiger partial charge on any atom is 0.305 e. The molecule has 0 fully saturated rings. The van der Waals surface area contributed by atoms with Crippen LogP contribution in [-0.2, 0) is 4.79 Å². The normalized spacial score (nSPS) is 13.8. The average Bonchev–Trinajstić information content (AvgIpc) is 3.22. The Kier molecular flexibility index (Phi) is 7.85. The number of para-hydroxylation sites is 1. The van der Waals surface area contributed by atoms with E-state index in [0.29, 0.717) is 5.56 Å². The second kappa shape index (κ2) is 10.6. The lowest BCUT2D eigenvalue weighted by Gasteiger charge is -2.27. The molecule has 0 saturated carbocycles. The average molecular weight is 488 g/mol. The SMILES string of the molecule is CC(C)C(C)(O)COc1cc(C(=O)N[C@@H](CC(=O)O)c2ccc(F)cc2)nn1-c1ccccc1F. The summed E-state index contributed by atoms with van der Waals surface area (Å²) in [7, 11) is 0. The largest absolute Gasteiger partial charge is 0.481 e. The molecular formula is C25H27F2N3O5. The van der Waals surface area contributed by atoms with Gasteiger partial charge in [0.05, 0.1) is 18.1 Å². The third-order valence-electron chi connectivity index (χ3n) is 5.70. The number of halogens is 2. The summed E-state index contributed by atoms with van der Waals surface area (Å²) in [6.45, 7) is 5.07. The predicted molar refractivity (Wildman–Crippen MR) is 123 cm³/mol. The molecule has 0 aliphatic carbocycles. The Labute approximate surface area is 201 Å². The van der Waals surface area contributed by atoms with Crippen LogP contribution in [0.15, 0.2) is 54.6 Å². The van der Waals surface area contributed by atoms with E-state index in [1.165, 1.54) is 36.4 Å². The first-order valence-electron chi connectivity index (χ1n) is 11.0. The van der Waals surface area contributed by atoms with Crippen LogP contribution in [0.5, 0.6) is 5.88 Å². The first-order valence-corrected chi connectivity index (χ1v) is 11.0. The van der Waals surface area contributed by atoms with E-state index < -0.39 is 41.6 Å². The summed E-state index contributed by atoms with van der Waals surface area (Å²) in [5, 5.41) is 26.6. The van der Waals surface area contributed by atoms with Crippen LogP contribution in [-0.4, -0.2) is 44.1 Å². The second-order valence-electron chi connectivity index (χ2n) is 8.71. The number of carbonyl (C=O) groups excluding carboxylic acids is 1. The summed E-state index contributed by atoms with van der Waals surface area (Å²) in [5.74, 6) is -3.16. The predicted octanol–water partition coefficient (Wildman–Crippen LogP) is 3.88. The Morgan fingerprint density at radius 3 is 2.40 bits per heavy atom. The minimum Gasteiger partial charge on any atom is -0.481 e. The van der Waals surface area contributed by atoms with Gasteiger partial charge in [0.2, 0.25) is 5.88 Å². The molecule has 1 heterocycles. The van der Waals surface area contributed by atoms with Gasteiger partial charge in [0, 0.05) is 6.07 Å². The molecule has 0 aliphatic rings. The van der Waals surface area contributed by atoms with Crippen molar-refractivity contribution in [1.82, 2.24) is 15.1 Å². The molecule has 2 aromatic carbocycles. The topological polar surface area (TPSA) is 114 Å². The van der Waals surface area contributed by atoms with Gasteiger partial charge in [0.25, 0.3) is 5.91 Å². The summed E-state index contributed by atoms with van der Waals surface area (Å²) in [4.78, 5) is 24.4. The number of nitrogens with one attached hydrogen (secondary N) is 1. The van der Waals surface area contributed by atoms with E-state index in [4.69, 9.17) is 4.74 Å². The summed E-state index contributed by atoms with van der Waals surface area (Å²) in [6.07, 6.45) is -0.452. The molecule has 2 atom stereocenters. The molecule has 1 unspecified atom stereocenters. The van der Waals surface area contributed by atoms with Crippen LogP contribution in [0.3, 0.4) is 0 Å². The molecule has 0 radical (unpaired) electrons. The van der Waals surface area contributed by atoms with Gasteiger partial charge in [-0.25, -0.2) is 8.78 Å². The number of aliphatic carboxylic acids is 1. The number of benzene rings is 2. The molecule has 186 valence electrons. The fraction of sp³-hybridized carbons (Fsp3) is 0.320. The van der Waals surface area contributed by atoms with Crippen LogP contribution >= 0.6 is 0 Å². The van der Waals surface area contributed by atoms with Crippen LogP contribution in [0.25, 0.3) is 5.69 Å². The van der Waals surface area contributed by atoms with Gasteiger partial charge in [-0.15, -0.1) is 0 Å². The van der Waals surface area contributed by atoms with Crippen molar-refractivity contribution in [2.24, 2.45) is 5.92 Å². The standard InChI is InChI=1S/C25H27F2N3O5/c1-15(2)25(3,34)14-35-22-12-20(29-30(22)21-7-5-4-6-18(21)27)24(33)28-19(13-23(31)32)16-8-10-17(26)11-9-16/h4-12,15,19,34H,13-14H2,1-3H3,(H,28,33)(H,31,32)/t19-,25?/m0/s1. The molecule has 35 heavy (non-hydrogen) atoms. The van der Waals surface area contributed by atoms with Crippen molar-refractivity contribution in [3.63, 3.8) is 0 Å². The van der Waals surface area contributed by atoms with E-state index in [2.05, 4.69) is 10.4 Å². The molecular weight excluding hydrogens is 460 g/mol. The molecule has 10 heteroatoms. The molecule has 0 aliphatic heterocycles. The van der Waals surface area contributed by atoms with Crippen molar-refractivity contribution in [3.8, 4) is 11.6 Å². The first kappa shape index (κ1) is 25.8. The Morgan fingerprint density at radius 1 is 1.14 bits per heavy atom. The van der Waals surface area contributed by atoms with Gasteiger partial charge in [-0.2, -0.15) is 9.78 Å². The number of hydrogen-bond acceptors (Lipinski definition) is 5. The van der Waals surface area contributed by atoms with Gasteiger partial charge in [0.1, 0.15) is 23.9 Å². The summed E-state index contributed by atoms with van der Waals surface area (Å²) in [5.41, 5.74) is -0.960. The number of hydrogen-bond donors (Lipinski definition) is 3. The number of amides is 1. The van der Waals surface area contributed by atoms with Gasteiger partial charge < -0.3 is 20.3 Å². The van der Waals surface area contributed by atoms with Gasteiger partial charge in [-0.05, 0) is 42.7 Å². The number of carbonyl (C=O) groups is 2. The highest BCUT2D eigenvalue weighted by Gasteiger charge is 2.28. The molecule has 0 saturated heterocycles. The third-order valence-corrected chi connectivity index (χ3v) is 5.70. The van der Waals surface area contributed by atoms with Crippen molar-refractivity contribution in [3.05, 3.63) is 77.5 Å². The molecule has 1 amide bonds. The number of ether oxygens (including phenoxy) is 1. The number of aliphatic hydroxyl groups is 1. The lowest BCUT2D eigenvalue weighted by Crippen LogP contribution is -2.38. The highest BCUT2D eigenvalue weighted by atomic mass is 19.1. The quantitative estimate of drug-likeness (QED) is 0.400. The van der Waals surface area contributed by atoms with E-state index in [0.717, 1.165) is 16.8 Å². The molecule has 3 aromatic rings. The lowest BCUT2D eigenvalue weighted by atomic mass is 9.94. The molecule has 0 bridgehead atoms. The minimum absolute atomic E-state index is 0.0118. The van der Waals surface area contributed by atoms with Crippen molar-refractivity contribution in [2.45, 2.75) is 38.8 Å². The molecule has 3 rings (SSSR count). The Bertz CT molecular complexity index is 1190. The van der Waals surface area contributed by atoms with Gasteiger partial charge in [-0.1, -0.05) is 38.1 Å². The fourth-order valence-corrected chi connectivity index (χ4v) is 3.11. The number of carboxylic acid groups (broad SMARTS) is 1. The zero-order valence-corrected chi connectivity index (χ0v) is 19.5. The molecule has 1 aromatic heterocycles. The van der Waals surface area contributed by atoms with E-state index in [1.807, 2.05) is 13.8 Å². The smallest absolute Gasteiger partial charge is 0.305 e. The maximum atomic E-state index is 14.5. The molecule has 8 nitrogen and oxygen atoms in total. The summed E-state index contributed by atoms with van der Waals surface area (Å²) in [6, 6.07) is 11.2.